The van der Waals surface area contributed by atoms with Gasteiger partial charge < -0.3 is 4.74 Å². The van der Waals surface area contributed by atoms with Crippen LogP contribution >= 0.6 is 11.6 Å². The van der Waals surface area contributed by atoms with Gasteiger partial charge in [0, 0.05) is 22.7 Å². The van der Waals surface area contributed by atoms with Crippen LogP contribution in [0.25, 0.3) is 6.08 Å². The SMILES string of the molecule is O=C1OC(c2ccc(Cl)cc2)=NC1=Cc1ccc([N+](=O)[O-])cc1. The molecule has 1 aliphatic rings. The number of hydrogen-bond acceptors (Lipinski definition) is 5. The van der Waals surface area contributed by atoms with E-state index in [0.717, 1.165) is 0 Å². The lowest BCUT2D eigenvalue weighted by Gasteiger charge is -1.98. The highest BCUT2D eigenvalue weighted by Gasteiger charge is 2.24. The van der Waals surface area contributed by atoms with Gasteiger partial charge in [0.1, 0.15) is 0 Å². The number of hydrogen-bond donors (Lipinski definition) is 0. The number of cyclic esters (lactones) is 1. The molecule has 0 fully saturated rings. The smallest absolute Gasteiger partial charge is 0.363 e. The minimum atomic E-state index is -0.576. The van der Waals surface area contributed by atoms with Crippen molar-refractivity contribution >= 4 is 35.2 Å². The van der Waals surface area contributed by atoms with Crippen molar-refractivity contribution in [3.05, 3.63) is 80.5 Å². The van der Waals surface area contributed by atoms with Gasteiger partial charge in [0.15, 0.2) is 5.70 Å². The van der Waals surface area contributed by atoms with E-state index in [4.69, 9.17) is 16.3 Å². The summed E-state index contributed by atoms with van der Waals surface area (Å²) < 4.78 is 5.13. The molecule has 0 bridgehead atoms. The Labute approximate surface area is 135 Å². The van der Waals surface area contributed by atoms with E-state index in [2.05, 4.69) is 4.99 Å². The molecule has 0 aromatic heterocycles. The summed E-state index contributed by atoms with van der Waals surface area (Å²) in [6.45, 7) is 0. The molecule has 7 heteroatoms. The number of halogens is 1. The topological polar surface area (TPSA) is 81.8 Å². The molecule has 2 aromatic rings. The summed E-state index contributed by atoms with van der Waals surface area (Å²) in [5.41, 5.74) is 1.36. The van der Waals surface area contributed by atoms with Crippen molar-refractivity contribution in [2.75, 3.05) is 0 Å². The van der Waals surface area contributed by atoms with Gasteiger partial charge in [-0.3, -0.25) is 10.1 Å². The second-order valence-corrected chi connectivity index (χ2v) is 5.13. The molecule has 6 nitrogen and oxygen atoms in total. The maximum absolute atomic E-state index is 11.9. The first-order valence-corrected chi connectivity index (χ1v) is 6.94. The molecule has 0 saturated carbocycles. The van der Waals surface area contributed by atoms with Crippen LogP contribution in [0.5, 0.6) is 0 Å². The first-order valence-electron chi connectivity index (χ1n) is 6.56. The predicted octanol–water partition coefficient (Wildman–Crippen LogP) is 3.59. The first-order chi connectivity index (χ1) is 11.0. The van der Waals surface area contributed by atoms with Gasteiger partial charge in [-0.25, -0.2) is 9.79 Å². The van der Waals surface area contributed by atoms with E-state index < -0.39 is 10.9 Å². The predicted molar refractivity (Wildman–Crippen MR) is 85.2 cm³/mol. The summed E-state index contributed by atoms with van der Waals surface area (Å²) in [5, 5.41) is 11.2. The lowest BCUT2D eigenvalue weighted by atomic mass is 10.2. The van der Waals surface area contributed by atoms with Crippen molar-refractivity contribution < 1.29 is 14.5 Å². The van der Waals surface area contributed by atoms with Crippen LogP contribution in [0.3, 0.4) is 0 Å². The molecule has 0 N–H and O–H groups in total. The zero-order valence-corrected chi connectivity index (χ0v) is 12.4. The summed E-state index contributed by atoms with van der Waals surface area (Å²) in [7, 11) is 0. The van der Waals surface area contributed by atoms with Crippen molar-refractivity contribution in [2.45, 2.75) is 0 Å². The summed E-state index contributed by atoms with van der Waals surface area (Å²) in [6.07, 6.45) is 1.51. The molecule has 0 spiro atoms. The molecule has 0 radical (unpaired) electrons. The second kappa shape index (κ2) is 6.02. The molecule has 114 valence electrons. The van der Waals surface area contributed by atoms with Crippen LogP contribution in [0.4, 0.5) is 5.69 Å². The highest BCUT2D eigenvalue weighted by atomic mass is 35.5. The fourth-order valence-corrected chi connectivity index (χ4v) is 2.10. The molecular formula is C16H9ClN2O4. The average Bonchev–Trinajstić information content (AvgIpc) is 2.89. The fraction of sp³-hybridized carbons (Fsp3) is 0. The van der Waals surface area contributed by atoms with Gasteiger partial charge in [0.2, 0.25) is 5.90 Å². The number of esters is 1. The van der Waals surface area contributed by atoms with E-state index in [-0.39, 0.29) is 17.3 Å². The molecule has 23 heavy (non-hydrogen) atoms. The highest BCUT2D eigenvalue weighted by molar-refractivity contribution is 6.30. The number of aliphatic imine (C=N–C) groups is 1. The number of ether oxygens (including phenoxy) is 1. The van der Waals surface area contributed by atoms with Crippen LogP contribution in [0.15, 0.2) is 59.2 Å². The molecule has 1 heterocycles. The summed E-state index contributed by atoms with van der Waals surface area (Å²) in [5.74, 6) is -0.381. The minimum absolute atomic E-state index is 0.0218. The van der Waals surface area contributed by atoms with Crippen LogP contribution in [0, 0.1) is 10.1 Å². The second-order valence-electron chi connectivity index (χ2n) is 4.69. The molecule has 0 aliphatic carbocycles. The zero-order chi connectivity index (χ0) is 16.4. The van der Waals surface area contributed by atoms with Crippen molar-refractivity contribution in [3.63, 3.8) is 0 Å². The number of nitrogens with zero attached hydrogens (tertiary/aromatic N) is 2. The summed E-state index contributed by atoms with van der Waals surface area (Å²) >= 11 is 5.81. The van der Waals surface area contributed by atoms with E-state index in [1.165, 1.54) is 30.3 Å². The molecule has 0 amide bonds. The Morgan fingerprint density at radius 1 is 1.09 bits per heavy atom. The van der Waals surface area contributed by atoms with Crippen molar-refractivity contribution in [1.29, 1.82) is 0 Å². The number of non-ortho nitro benzene ring substituents is 1. The van der Waals surface area contributed by atoms with Gasteiger partial charge in [-0.2, -0.15) is 0 Å². The quantitative estimate of drug-likeness (QED) is 0.373. The third kappa shape index (κ3) is 3.27. The third-order valence-electron chi connectivity index (χ3n) is 3.12. The van der Waals surface area contributed by atoms with Gasteiger partial charge in [0.25, 0.3) is 5.69 Å². The lowest BCUT2D eigenvalue weighted by Crippen LogP contribution is -2.05. The lowest BCUT2D eigenvalue weighted by molar-refractivity contribution is -0.384. The Hall–Kier alpha value is -2.99. The standard InChI is InChI=1S/C16H9ClN2O4/c17-12-5-3-11(4-6-12)15-18-14(16(20)23-15)9-10-1-7-13(8-2-10)19(21)22/h1-9H. The monoisotopic (exact) mass is 328 g/mol. The number of rotatable bonds is 3. The molecule has 1 aliphatic heterocycles. The molecular weight excluding hydrogens is 320 g/mol. The van der Waals surface area contributed by atoms with Crippen LogP contribution in [0.1, 0.15) is 11.1 Å². The number of benzene rings is 2. The third-order valence-corrected chi connectivity index (χ3v) is 3.37. The van der Waals surface area contributed by atoms with Gasteiger partial charge in [-0.05, 0) is 48.0 Å². The fourth-order valence-electron chi connectivity index (χ4n) is 1.98. The number of nitro benzene ring substituents is 1. The Morgan fingerprint density at radius 2 is 1.74 bits per heavy atom. The molecule has 0 unspecified atom stereocenters. The highest BCUT2D eigenvalue weighted by Crippen LogP contribution is 2.21. The van der Waals surface area contributed by atoms with E-state index in [9.17, 15) is 14.9 Å². The maximum atomic E-state index is 11.9. The average molecular weight is 329 g/mol. The Bertz CT molecular complexity index is 839. The first kappa shape index (κ1) is 14.9. The van der Waals surface area contributed by atoms with E-state index in [1.807, 2.05) is 0 Å². The van der Waals surface area contributed by atoms with E-state index in [1.54, 1.807) is 24.3 Å². The van der Waals surface area contributed by atoms with E-state index in [0.29, 0.717) is 16.1 Å². The Morgan fingerprint density at radius 3 is 2.35 bits per heavy atom. The zero-order valence-electron chi connectivity index (χ0n) is 11.6. The van der Waals surface area contributed by atoms with Crippen molar-refractivity contribution in [1.82, 2.24) is 0 Å². The van der Waals surface area contributed by atoms with Crippen LogP contribution < -0.4 is 0 Å². The van der Waals surface area contributed by atoms with Gasteiger partial charge in [0.05, 0.1) is 4.92 Å². The summed E-state index contributed by atoms with van der Waals surface area (Å²) in [6, 6.07) is 12.5. The van der Waals surface area contributed by atoms with Crippen LogP contribution in [-0.2, 0) is 9.53 Å². The van der Waals surface area contributed by atoms with Gasteiger partial charge >= 0.3 is 5.97 Å². The van der Waals surface area contributed by atoms with Crippen molar-refractivity contribution in [2.24, 2.45) is 4.99 Å². The van der Waals surface area contributed by atoms with Crippen LogP contribution in [0.2, 0.25) is 5.02 Å². The van der Waals surface area contributed by atoms with Gasteiger partial charge in [-0.1, -0.05) is 11.6 Å². The largest absolute Gasteiger partial charge is 0.402 e. The Kier molecular flexibility index (Phi) is 3.91. The van der Waals surface area contributed by atoms with E-state index >= 15 is 0 Å². The van der Waals surface area contributed by atoms with Crippen molar-refractivity contribution in [3.8, 4) is 0 Å². The minimum Gasteiger partial charge on any atom is -0.402 e. The normalized spacial score (nSPS) is 15.4. The number of nitro groups is 1. The number of carbonyl (C=O) groups excluding carboxylic acids is 1. The van der Waals surface area contributed by atoms with Crippen LogP contribution in [-0.4, -0.2) is 16.8 Å². The Balaban J connectivity index is 1.88. The molecule has 2 aromatic carbocycles. The summed E-state index contributed by atoms with van der Waals surface area (Å²) in [4.78, 5) is 26.1. The van der Waals surface area contributed by atoms with Gasteiger partial charge in [-0.15, -0.1) is 0 Å². The molecule has 0 atom stereocenters. The molecule has 3 rings (SSSR count). The maximum Gasteiger partial charge on any atom is 0.363 e. The molecule has 0 saturated heterocycles. The number of carbonyl (C=O) groups is 1.